The lowest BCUT2D eigenvalue weighted by atomic mass is 10.0. The van der Waals surface area contributed by atoms with Crippen molar-refractivity contribution in [3.63, 3.8) is 0 Å². The fourth-order valence-electron chi connectivity index (χ4n) is 1.70. The molecule has 0 aromatic carbocycles. The van der Waals surface area contributed by atoms with Crippen molar-refractivity contribution in [2.75, 3.05) is 18.2 Å². The Balaban J connectivity index is 1.94. The van der Waals surface area contributed by atoms with Crippen LogP contribution in [0.4, 0.5) is 0 Å². The van der Waals surface area contributed by atoms with Crippen LogP contribution in [0.3, 0.4) is 0 Å². The fourth-order valence-corrected chi connectivity index (χ4v) is 2.63. The standard InChI is InChI=1S/C8H13N3O2S/c9-7(12)6-1-2-11(6)8(13)5-3-14-4-10-5/h5-6,10H,1-4H2,(H2,9,12). The molecule has 0 aliphatic carbocycles. The number of amides is 2. The summed E-state index contributed by atoms with van der Waals surface area (Å²) in [6.07, 6.45) is 0.709. The molecule has 2 unspecified atom stereocenters. The van der Waals surface area contributed by atoms with E-state index in [1.807, 2.05) is 0 Å². The second-order valence-electron chi connectivity index (χ2n) is 3.51. The molecule has 2 aliphatic heterocycles. The molecule has 5 nitrogen and oxygen atoms in total. The van der Waals surface area contributed by atoms with Gasteiger partial charge in [0.2, 0.25) is 11.8 Å². The Labute approximate surface area is 86.4 Å². The Morgan fingerprint density at radius 1 is 1.50 bits per heavy atom. The van der Waals surface area contributed by atoms with E-state index in [9.17, 15) is 9.59 Å². The molecule has 14 heavy (non-hydrogen) atoms. The predicted octanol–water partition coefficient (Wildman–Crippen LogP) is -1.26. The van der Waals surface area contributed by atoms with Gasteiger partial charge in [-0.2, -0.15) is 0 Å². The number of hydrogen-bond donors (Lipinski definition) is 2. The van der Waals surface area contributed by atoms with Crippen LogP contribution >= 0.6 is 11.8 Å². The Morgan fingerprint density at radius 2 is 2.29 bits per heavy atom. The fraction of sp³-hybridized carbons (Fsp3) is 0.750. The van der Waals surface area contributed by atoms with E-state index in [0.717, 1.165) is 11.6 Å². The second-order valence-corrected chi connectivity index (χ2v) is 4.54. The third-order valence-electron chi connectivity index (χ3n) is 2.65. The molecule has 0 spiro atoms. The van der Waals surface area contributed by atoms with E-state index < -0.39 is 5.91 Å². The van der Waals surface area contributed by atoms with Gasteiger partial charge in [-0.25, -0.2) is 0 Å². The number of thioether (sulfide) groups is 1. The summed E-state index contributed by atoms with van der Waals surface area (Å²) in [6.45, 7) is 0.662. The molecule has 2 rings (SSSR count). The number of nitrogens with two attached hydrogens (primary N) is 1. The molecule has 0 aromatic heterocycles. The molecule has 0 aromatic rings. The van der Waals surface area contributed by atoms with Crippen molar-refractivity contribution in [1.82, 2.24) is 10.2 Å². The first kappa shape index (κ1) is 9.79. The minimum absolute atomic E-state index is 0.0186. The Kier molecular flexibility index (Phi) is 2.64. The van der Waals surface area contributed by atoms with Crippen molar-refractivity contribution in [3.8, 4) is 0 Å². The van der Waals surface area contributed by atoms with Gasteiger partial charge >= 0.3 is 0 Å². The average molecular weight is 215 g/mol. The van der Waals surface area contributed by atoms with Crippen LogP contribution in [-0.2, 0) is 9.59 Å². The van der Waals surface area contributed by atoms with Crippen LogP contribution in [0.2, 0.25) is 0 Å². The number of hydrogen-bond acceptors (Lipinski definition) is 4. The smallest absolute Gasteiger partial charge is 0.241 e. The zero-order valence-corrected chi connectivity index (χ0v) is 8.55. The highest BCUT2D eigenvalue weighted by Crippen LogP contribution is 2.20. The van der Waals surface area contributed by atoms with Crippen molar-refractivity contribution in [2.45, 2.75) is 18.5 Å². The van der Waals surface area contributed by atoms with Crippen molar-refractivity contribution in [2.24, 2.45) is 5.73 Å². The maximum atomic E-state index is 11.8. The van der Waals surface area contributed by atoms with Crippen LogP contribution in [0.1, 0.15) is 6.42 Å². The summed E-state index contributed by atoms with van der Waals surface area (Å²) in [5.41, 5.74) is 5.17. The van der Waals surface area contributed by atoms with Gasteiger partial charge in [-0.15, -0.1) is 11.8 Å². The van der Waals surface area contributed by atoms with Crippen molar-refractivity contribution in [3.05, 3.63) is 0 Å². The zero-order valence-electron chi connectivity index (χ0n) is 7.73. The van der Waals surface area contributed by atoms with E-state index in [0.29, 0.717) is 13.0 Å². The lowest BCUT2D eigenvalue weighted by Gasteiger charge is -2.40. The maximum absolute atomic E-state index is 11.8. The van der Waals surface area contributed by atoms with Crippen molar-refractivity contribution in [1.29, 1.82) is 0 Å². The number of carbonyl (C=O) groups excluding carboxylic acids is 2. The van der Waals surface area contributed by atoms with Gasteiger partial charge in [-0.1, -0.05) is 0 Å². The topological polar surface area (TPSA) is 75.4 Å². The van der Waals surface area contributed by atoms with E-state index >= 15 is 0 Å². The highest BCUT2D eigenvalue weighted by Gasteiger charge is 2.39. The second kappa shape index (κ2) is 3.78. The van der Waals surface area contributed by atoms with Gasteiger partial charge in [0.1, 0.15) is 6.04 Å². The molecule has 3 N–H and O–H groups in total. The normalized spacial score (nSPS) is 31.3. The molecule has 2 saturated heterocycles. The Hall–Kier alpha value is -0.750. The lowest BCUT2D eigenvalue weighted by molar-refractivity contribution is -0.147. The summed E-state index contributed by atoms with van der Waals surface area (Å²) in [7, 11) is 0. The summed E-state index contributed by atoms with van der Waals surface area (Å²) in [6, 6.07) is -0.489. The van der Waals surface area contributed by atoms with Crippen molar-refractivity contribution < 1.29 is 9.59 Å². The van der Waals surface area contributed by atoms with Gasteiger partial charge in [0.05, 0.1) is 6.04 Å². The lowest BCUT2D eigenvalue weighted by Crippen LogP contribution is -2.61. The van der Waals surface area contributed by atoms with Crippen LogP contribution in [0, 0.1) is 0 Å². The molecular weight excluding hydrogens is 202 g/mol. The van der Waals surface area contributed by atoms with Crippen LogP contribution in [0.5, 0.6) is 0 Å². The van der Waals surface area contributed by atoms with Gasteiger partial charge in [-0.05, 0) is 6.42 Å². The van der Waals surface area contributed by atoms with Gasteiger partial charge in [-0.3, -0.25) is 14.9 Å². The molecule has 6 heteroatoms. The molecule has 2 fully saturated rings. The first-order chi connectivity index (χ1) is 6.70. The highest BCUT2D eigenvalue weighted by atomic mass is 32.2. The first-order valence-corrected chi connectivity index (χ1v) is 5.76. The SMILES string of the molecule is NC(=O)C1CCN1C(=O)C1CSCN1. The number of carbonyl (C=O) groups is 2. The average Bonchev–Trinajstić information content (AvgIpc) is 2.51. The molecule has 0 bridgehead atoms. The number of primary amides is 1. The van der Waals surface area contributed by atoms with Gasteiger partial charge in [0.25, 0.3) is 0 Å². The molecule has 78 valence electrons. The van der Waals surface area contributed by atoms with E-state index in [4.69, 9.17) is 5.73 Å². The predicted molar refractivity (Wildman–Crippen MR) is 53.6 cm³/mol. The summed E-state index contributed by atoms with van der Waals surface area (Å²) in [5.74, 6) is 1.23. The molecule has 2 heterocycles. The summed E-state index contributed by atoms with van der Waals surface area (Å²) in [5, 5.41) is 3.08. The third-order valence-corrected chi connectivity index (χ3v) is 3.59. The quantitative estimate of drug-likeness (QED) is 0.602. The van der Waals surface area contributed by atoms with E-state index in [1.54, 1.807) is 16.7 Å². The maximum Gasteiger partial charge on any atom is 0.241 e. The molecule has 2 amide bonds. The van der Waals surface area contributed by atoms with E-state index in [1.165, 1.54) is 0 Å². The van der Waals surface area contributed by atoms with E-state index in [2.05, 4.69) is 5.32 Å². The van der Waals surface area contributed by atoms with Crippen LogP contribution < -0.4 is 11.1 Å². The van der Waals surface area contributed by atoms with Gasteiger partial charge in [0, 0.05) is 18.2 Å². The molecule has 0 radical (unpaired) electrons. The minimum Gasteiger partial charge on any atom is -0.368 e. The Bertz CT molecular complexity index is 265. The van der Waals surface area contributed by atoms with E-state index in [-0.39, 0.29) is 18.0 Å². The van der Waals surface area contributed by atoms with Crippen LogP contribution in [0.15, 0.2) is 0 Å². The summed E-state index contributed by atoms with van der Waals surface area (Å²) >= 11 is 1.70. The van der Waals surface area contributed by atoms with Crippen LogP contribution in [0.25, 0.3) is 0 Å². The van der Waals surface area contributed by atoms with Crippen molar-refractivity contribution >= 4 is 23.6 Å². The molecule has 2 aliphatic rings. The molecule has 0 saturated carbocycles. The zero-order chi connectivity index (χ0) is 10.1. The summed E-state index contributed by atoms with van der Waals surface area (Å²) < 4.78 is 0. The number of rotatable bonds is 2. The summed E-state index contributed by atoms with van der Waals surface area (Å²) in [4.78, 5) is 24.3. The van der Waals surface area contributed by atoms with Gasteiger partial charge in [0.15, 0.2) is 0 Å². The number of nitrogens with one attached hydrogen (secondary N) is 1. The number of likely N-dealkylation sites (tertiary alicyclic amines) is 1. The highest BCUT2D eigenvalue weighted by molar-refractivity contribution is 7.99. The van der Waals surface area contributed by atoms with Crippen LogP contribution in [-0.4, -0.2) is 47.0 Å². The van der Waals surface area contributed by atoms with Gasteiger partial charge < -0.3 is 10.6 Å². The third kappa shape index (κ3) is 1.59. The molecule has 2 atom stereocenters. The molecular formula is C8H13N3O2S. The monoisotopic (exact) mass is 215 g/mol. The first-order valence-electron chi connectivity index (χ1n) is 4.61. The minimum atomic E-state index is -0.393. The number of nitrogens with zero attached hydrogens (tertiary/aromatic N) is 1. The Morgan fingerprint density at radius 3 is 2.71 bits per heavy atom. The largest absolute Gasteiger partial charge is 0.368 e.